The molecule has 3 saturated carbocycles. The fourth-order valence-corrected chi connectivity index (χ4v) is 13.0. The Kier molecular flexibility index (Phi) is 12.5. The van der Waals surface area contributed by atoms with E-state index in [4.69, 9.17) is 37.9 Å². The zero-order chi connectivity index (χ0) is 46.0. The lowest BCUT2D eigenvalue weighted by atomic mass is 9.37. The molecule has 0 N–H and O–H groups in total. The Bertz CT molecular complexity index is 1950. The quantitative estimate of drug-likeness (QED) is 0.117. The number of allylic oxidation sites excluding steroid dienone is 1. The predicted molar refractivity (Wildman–Crippen MR) is 212 cm³/mol. The molecule has 61 heavy (non-hydrogen) atoms. The van der Waals surface area contributed by atoms with Gasteiger partial charge < -0.3 is 37.9 Å². The van der Waals surface area contributed by atoms with Gasteiger partial charge in [0.25, 0.3) is 0 Å². The molecule has 16 nitrogen and oxygen atoms in total. The van der Waals surface area contributed by atoms with E-state index in [2.05, 4.69) is 0 Å². The Labute approximate surface area is 357 Å². The molecule has 4 fully saturated rings. The third kappa shape index (κ3) is 6.76. The molecular weight excluding hydrogens is 796 g/mol. The number of rotatable bonds is 11. The molecule has 4 aliphatic carbocycles. The van der Waals surface area contributed by atoms with Crippen LogP contribution < -0.4 is 0 Å². The monoisotopic (exact) mass is 858 g/mol. The van der Waals surface area contributed by atoms with Gasteiger partial charge in [0.05, 0.1) is 36.4 Å². The van der Waals surface area contributed by atoms with Crippen LogP contribution in [0.3, 0.4) is 0 Å². The number of fused-ring (bicyclic) bond motifs is 3. The van der Waals surface area contributed by atoms with Crippen molar-refractivity contribution in [3.05, 3.63) is 23.3 Å². The van der Waals surface area contributed by atoms with Crippen LogP contribution in [0.5, 0.6) is 0 Å². The van der Waals surface area contributed by atoms with E-state index in [0.717, 1.165) is 0 Å². The highest BCUT2D eigenvalue weighted by Gasteiger charge is 2.90. The molecule has 0 unspecified atom stereocenters. The maximum absolute atomic E-state index is 14.7. The van der Waals surface area contributed by atoms with Crippen LogP contribution in [0.4, 0.5) is 0 Å². The Morgan fingerprint density at radius 2 is 1.48 bits per heavy atom. The number of ether oxygens (including phenoxy) is 8. The number of carbonyl (C=O) groups is 8. The van der Waals surface area contributed by atoms with Crippen LogP contribution in [0.1, 0.15) is 109 Å². The zero-order valence-electron chi connectivity index (χ0n) is 37.8. The first kappa shape index (κ1) is 47.3. The van der Waals surface area contributed by atoms with Crippen LogP contribution in [0.25, 0.3) is 0 Å². The van der Waals surface area contributed by atoms with Gasteiger partial charge in [0.15, 0.2) is 0 Å². The molecule has 0 radical (unpaired) electrons. The van der Waals surface area contributed by atoms with Gasteiger partial charge in [-0.3, -0.25) is 33.6 Å². The highest BCUT2D eigenvalue weighted by atomic mass is 16.6. The summed E-state index contributed by atoms with van der Waals surface area (Å²) in [7, 11) is 2.43. The zero-order valence-corrected chi connectivity index (χ0v) is 37.8. The first-order valence-electron chi connectivity index (χ1n) is 20.8. The van der Waals surface area contributed by atoms with Gasteiger partial charge in [-0.25, -0.2) is 4.79 Å². The van der Waals surface area contributed by atoms with E-state index in [0.29, 0.717) is 5.57 Å². The molecule has 5 aliphatic rings. The Hall–Kier alpha value is -4.76. The van der Waals surface area contributed by atoms with Crippen LogP contribution in [-0.2, 0) is 76.3 Å². The predicted octanol–water partition coefficient (Wildman–Crippen LogP) is 4.92. The molecule has 338 valence electrons. The molecule has 0 aromatic carbocycles. The molecule has 0 aromatic heterocycles. The average Bonchev–Trinajstić information content (AvgIpc) is 3.54. The lowest BCUT2D eigenvalue weighted by molar-refractivity contribution is -0.283. The topological polar surface area (TPSA) is 210 Å². The van der Waals surface area contributed by atoms with Crippen molar-refractivity contribution >= 4 is 47.8 Å². The Morgan fingerprint density at radius 3 is 2.00 bits per heavy atom. The summed E-state index contributed by atoms with van der Waals surface area (Å²) in [6, 6.07) is 0. The van der Waals surface area contributed by atoms with Gasteiger partial charge in [0.1, 0.15) is 36.6 Å². The highest BCUT2D eigenvalue weighted by Crippen LogP contribution is 2.82. The molecule has 0 aromatic rings. The summed E-state index contributed by atoms with van der Waals surface area (Å²) in [5.74, 6) is -9.75. The van der Waals surface area contributed by atoms with Crippen LogP contribution >= 0.6 is 0 Å². The molecule has 1 heterocycles. The van der Waals surface area contributed by atoms with E-state index in [1.807, 2.05) is 0 Å². The minimum atomic E-state index is -1.82. The standard InChI is InChI=1S/C45H62O16/c1-15-22(2)37(51)60-30-18-41(11,25(5)38(52)55-14)31(17-34(50)54-13)43(21-56-26(6)46)35(30)45(24(4)36(43)59-29(9)49)23(3)16-32(57-27(7)47)42(12)33(58-28(8)48)19-40(10)20-44(42,45)61-39(40)53/h15-16,24-25,30-33,35-36H,17-21H2,1-14H3/b22-15+/t24-,25-,30+,31+,32-,33-,35-,36-,40+,41+,42-,43-,44+,45-/m0/s1. The van der Waals surface area contributed by atoms with Crippen LogP contribution in [0.2, 0.25) is 0 Å². The second kappa shape index (κ2) is 16.2. The second-order valence-corrected chi connectivity index (χ2v) is 18.7. The third-order valence-corrected chi connectivity index (χ3v) is 15.7. The van der Waals surface area contributed by atoms with Crippen molar-refractivity contribution in [3.63, 3.8) is 0 Å². The summed E-state index contributed by atoms with van der Waals surface area (Å²) in [6.07, 6.45) is -2.13. The van der Waals surface area contributed by atoms with Gasteiger partial charge in [0.2, 0.25) is 0 Å². The van der Waals surface area contributed by atoms with Gasteiger partial charge in [-0.1, -0.05) is 32.4 Å². The number of hydrogen-bond donors (Lipinski definition) is 0. The van der Waals surface area contributed by atoms with Crippen molar-refractivity contribution in [2.75, 3.05) is 20.8 Å². The van der Waals surface area contributed by atoms with E-state index < -0.39 is 142 Å². The Balaban J connectivity index is 2.08. The van der Waals surface area contributed by atoms with E-state index in [9.17, 15) is 38.4 Å². The van der Waals surface area contributed by atoms with Crippen molar-refractivity contribution in [3.8, 4) is 0 Å². The third-order valence-electron chi connectivity index (χ3n) is 15.7. The first-order valence-corrected chi connectivity index (χ1v) is 20.8. The molecule has 16 heteroatoms. The van der Waals surface area contributed by atoms with Crippen LogP contribution in [0.15, 0.2) is 23.3 Å². The molecular formula is C45H62O16. The van der Waals surface area contributed by atoms with Crippen molar-refractivity contribution < 1.29 is 76.3 Å². The van der Waals surface area contributed by atoms with Gasteiger partial charge >= 0.3 is 47.8 Å². The van der Waals surface area contributed by atoms with Gasteiger partial charge in [-0.15, -0.1) is 0 Å². The number of hydrogen-bond acceptors (Lipinski definition) is 16. The summed E-state index contributed by atoms with van der Waals surface area (Å²) >= 11 is 0. The number of carbonyl (C=O) groups excluding carboxylic acids is 8. The van der Waals surface area contributed by atoms with E-state index >= 15 is 0 Å². The summed E-state index contributed by atoms with van der Waals surface area (Å²) in [5, 5.41) is 0. The molecule has 0 amide bonds. The summed E-state index contributed by atoms with van der Waals surface area (Å²) in [6.45, 7) is 18.0. The molecule has 2 spiro atoms. The minimum absolute atomic E-state index is 0.00596. The minimum Gasteiger partial charge on any atom is -0.469 e. The lowest BCUT2D eigenvalue weighted by Gasteiger charge is -2.68. The van der Waals surface area contributed by atoms with E-state index in [1.54, 1.807) is 67.5 Å². The van der Waals surface area contributed by atoms with Crippen molar-refractivity contribution in [1.82, 2.24) is 0 Å². The van der Waals surface area contributed by atoms with Crippen molar-refractivity contribution in [2.24, 2.45) is 50.7 Å². The Morgan fingerprint density at radius 1 is 0.869 bits per heavy atom. The van der Waals surface area contributed by atoms with Gasteiger partial charge in [-0.05, 0) is 58.4 Å². The van der Waals surface area contributed by atoms with Crippen molar-refractivity contribution in [2.45, 2.75) is 139 Å². The molecule has 1 aliphatic heterocycles. The van der Waals surface area contributed by atoms with Crippen LogP contribution in [0, 0.1) is 50.7 Å². The molecule has 14 atom stereocenters. The fraction of sp³-hybridized carbons (Fsp3) is 0.733. The molecule has 1 saturated heterocycles. The highest BCUT2D eigenvalue weighted by molar-refractivity contribution is 5.88. The lowest BCUT2D eigenvalue weighted by Crippen LogP contribution is -2.76. The van der Waals surface area contributed by atoms with Gasteiger partial charge in [0, 0.05) is 69.8 Å². The number of methoxy groups -OCH3 is 2. The smallest absolute Gasteiger partial charge is 0.333 e. The molecule has 2 bridgehead atoms. The first-order chi connectivity index (χ1) is 28.2. The van der Waals surface area contributed by atoms with Gasteiger partial charge in [-0.2, -0.15) is 0 Å². The van der Waals surface area contributed by atoms with Crippen LogP contribution in [-0.4, -0.2) is 98.6 Å². The maximum atomic E-state index is 14.7. The summed E-state index contributed by atoms with van der Waals surface area (Å²) in [4.78, 5) is 110. The average molecular weight is 859 g/mol. The largest absolute Gasteiger partial charge is 0.469 e. The number of esters is 8. The molecule has 5 rings (SSSR count). The van der Waals surface area contributed by atoms with E-state index in [1.165, 1.54) is 41.9 Å². The maximum Gasteiger partial charge on any atom is 0.333 e. The summed E-state index contributed by atoms with van der Waals surface area (Å²) in [5.41, 5.74) is -8.70. The van der Waals surface area contributed by atoms with E-state index in [-0.39, 0.29) is 24.8 Å². The van der Waals surface area contributed by atoms with Crippen molar-refractivity contribution in [1.29, 1.82) is 0 Å². The summed E-state index contributed by atoms with van der Waals surface area (Å²) < 4.78 is 49.0. The normalized spacial score (nSPS) is 40.2. The SMILES string of the molecule is C/C=C(\C)C(=O)O[C@@H]1C[C@](C)([C@@H](C)C(=O)OC)[C@@H](CC(=O)OC)[C@]2(COC(C)=O)[C@@H](OC(C)=O)[C@H](C)[C@@]3(C(C)=C[C@H](OC(C)=O)[C@@]4(C)[C@@H](OC(C)=O)C[C@]5(C)C[C@@]43OC5=O)[C@@H]12. The second-order valence-electron chi connectivity index (χ2n) is 18.7. The fourth-order valence-electron chi connectivity index (χ4n) is 13.0.